The van der Waals surface area contributed by atoms with Gasteiger partial charge in [0, 0.05) is 5.92 Å². The summed E-state index contributed by atoms with van der Waals surface area (Å²) in [5, 5.41) is 14.6. The van der Waals surface area contributed by atoms with Gasteiger partial charge < -0.3 is 19.9 Å². The number of carbonyl (C=O) groups is 3. The molecule has 1 saturated carbocycles. The molecule has 3 aromatic rings. The predicted molar refractivity (Wildman–Crippen MR) is 129 cm³/mol. The van der Waals surface area contributed by atoms with Crippen molar-refractivity contribution in [2.45, 2.75) is 24.3 Å². The molecule has 0 unspecified atom stereocenters. The van der Waals surface area contributed by atoms with Gasteiger partial charge in [-0.25, -0.2) is 9.59 Å². The van der Waals surface area contributed by atoms with E-state index in [0.717, 1.165) is 22.3 Å². The lowest BCUT2D eigenvalue weighted by Gasteiger charge is -2.17. The molecule has 178 valence electrons. The van der Waals surface area contributed by atoms with Gasteiger partial charge in [-0.2, -0.15) is 0 Å². The minimum Gasteiger partial charge on any atom is -0.497 e. The molecule has 0 radical (unpaired) electrons. The van der Waals surface area contributed by atoms with Crippen LogP contribution in [0.5, 0.6) is 5.75 Å². The molecule has 8 heteroatoms. The third kappa shape index (κ3) is 4.19. The van der Waals surface area contributed by atoms with Gasteiger partial charge in [-0.05, 0) is 53.3 Å². The predicted octanol–water partition coefficient (Wildman–Crippen LogP) is 4.40. The van der Waals surface area contributed by atoms with E-state index in [4.69, 9.17) is 9.47 Å². The van der Waals surface area contributed by atoms with E-state index in [1.165, 1.54) is 19.2 Å². The van der Waals surface area contributed by atoms with Crippen LogP contribution in [0.1, 0.15) is 40.2 Å². The molecule has 2 amide bonds. The lowest BCUT2D eigenvalue weighted by atomic mass is 9.98. The highest BCUT2D eigenvalue weighted by molar-refractivity contribution is 6.05. The smallest absolute Gasteiger partial charge is 0.411 e. The molecular formula is C27H24N2O6. The number of aliphatic carboxylic acids is 1. The third-order valence-corrected chi connectivity index (χ3v) is 6.56. The van der Waals surface area contributed by atoms with Gasteiger partial charge in [0.25, 0.3) is 5.91 Å². The van der Waals surface area contributed by atoms with Crippen molar-refractivity contribution in [3.63, 3.8) is 0 Å². The number of fused-ring (bicyclic) bond motifs is 3. The molecule has 0 bridgehead atoms. The molecule has 8 nitrogen and oxygen atoms in total. The molecule has 2 aliphatic rings. The zero-order valence-electron chi connectivity index (χ0n) is 19.0. The zero-order chi connectivity index (χ0) is 24.6. The molecule has 0 atom stereocenters. The van der Waals surface area contributed by atoms with Gasteiger partial charge >= 0.3 is 12.1 Å². The Morgan fingerprint density at radius 2 is 1.60 bits per heavy atom. The number of benzene rings is 3. The second kappa shape index (κ2) is 8.79. The second-order valence-electron chi connectivity index (χ2n) is 8.70. The summed E-state index contributed by atoms with van der Waals surface area (Å²) in [5.41, 5.74) is 3.45. The number of amides is 2. The van der Waals surface area contributed by atoms with Gasteiger partial charge in [0.1, 0.15) is 17.9 Å². The first-order valence-corrected chi connectivity index (χ1v) is 11.3. The van der Waals surface area contributed by atoms with Gasteiger partial charge in [-0.1, -0.05) is 48.5 Å². The summed E-state index contributed by atoms with van der Waals surface area (Å²) in [6.45, 7) is 0.125. The van der Waals surface area contributed by atoms with Crippen LogP contribution in [-0.2, 0) is 9.53 Å². The summed E-state index contributed by atoms with van der Waals surface area (Å²) in [6, 6.07) is 20.6. The molecule has 0 saturated heterocycles. The highest BCUT2D eigenvalue weighted by atomic mass is 16.5. The van der Waals surface area contributed by atoms with Gasteiger partial charge in [0.15, 0.2) is 0 Å². The van der Waals surface area contributed by atoms with E-state index >= 15 is 0 Å². The number of anilines is 1. The van der Waals surface area contributed by atoms with Crippen molar-refractivity contribution in [2.75, 3.05) is 19.0 Å². The van der Waals surface area contributed by atoms with Crippen LogP contribution in [0.3, 0.4) is 0 Å². The zero-order valence-corrected chi connectivity index (χ0v) is 19.0. The van der Waals surface area contributed by atoms with E-state index in [0.29, 0.717) is 18.6 Å². The van der Waals surface area contributed by atoms with E-state index in [2.05, 4.69) is 22.8 Å². The SMILES string of the molecule is COc1ccc(NC(=O)OCC2c3ccccc3-c3ccccc32)c(C(=O)NC2(C(=O)O)CC2)c1. The van der Waals surface area contributed by atoms with Gasteiger partial charge in [0.05, 0.1) is 18.4 Å². The minimum absolute atomic E-state index is 0.0883. The van der Waals surface area contributed by atoms with Crippen molar-refractivity contribution in [2.24, 2.45) is 0 Å². The van der Waals surface area contributed by atoms with Crippen LogP contribution in [0.25, 0.3) is 11.1 Å². The highest BCUT2D eigenvalue weighted by Gasteiger charge is 2.51. The first-order chi connectivity index (χ1) is 16.9. The Balaban J connectivity index is 1.32. The summed E-state index contributed by atoms with van der Waals surface area (Å²) < 4.78 is 10.8. The molecule has 0 heterocycles. The Labute approximate surface area is 201 Å². The van der Waals surface area contributed by atoms with E-state index in [-0.39, 0.29) is 23.8 Å². The second-order valence-corrected chi connectivity index (χ2v) is 8.70. The summed E-state index contributed by atoms with van der Waals surface area (Å²) in [4.78, 5) is 37.1. The standard InChI is InChI=1S/C27H24N2O6/c1-34-16-10-11-23(21(14-16)24(30)29-27(12-13-27)25(31)32)28-26(33)35-15-22-19-8-4-2-6-17(19)18-7-3-5-9-20(18)22/h2-11,14,22H,12-13,15H2,1H3,(H,28,33)(H,29,30)(H,31,32). The number of ether oxygens (including phenoxy) is 2. The van der Waals surface area contributed by atoms with Crippen LogP contribution in [0.2, 0.25) is 0 Å². The van der Waals surface area contributed by atoms with Crippen LogP contribution < -0.4 is 15.4 Å². The first-order valence-electron chi connectivity index (χ1n) is 11.3. The number of hydrogen-bond acceptors (Lipinski definition) is 5. The maximum absolute atomic E-state index is 12.9. The largest absolute Gasteiger partial charge is 0.497 e. The summed E-state index contributed by atoms with van der Waals surface area (Å²) in [7, 11) is 1.45. The lowest BCUT2D eigenvalue weighted by molar-refractivity contribution is -0.140. The average molecular weight is 472 g/mol. The van der Waals surface area contributed by atoms with Crippen LogP contribution in [-0.4, -0.2) is 42.3 Å². The number of methoxy groups -OCH3 is 1. The maximum Gasteiger partial charge on any atom is 0.411 e. The molecule has 3 aromatic carbocycles. The maximum atomic E-state index is 12.9. The number of hydrogen-bond donors (Lipinski definition) is 3. The van der Waals surface area contributed by atoms with Crippen molar-refractivity contribution in [3.05, 3.63) is 83.4 Å². The fraction of sp³-hybridized carbons (Fsp3) is 0.222. The molecule has 5 rings (SSSR count). The average Bonchev–Trinajstić information content (AvgIpc) is 3.59. The normalized spacial score (nSPS) is 14.9. The summed E-state index contributed by atoms with van der Waals surface area (Å²) in [6.07, 6.45) is -0.00848. The van der Waals surface area contributed by atoms with E-state index in [1.54, 1.807) is 6.07 Å². The topological polar surface area (TPSA) is 114 Å². The quantitative estimate of drug-likeness (QED) is 0.470. The number of carbonyl (C=O) groups excluding carboxylic acids is 2. The molecule has 0 spiro atoms. The minimum atomic E-state index is -1.26. The number of rotatable bonds is 7. The fourth-order valence-corrected chi connectivity index (χ4v) is 4.49. The monoisotopic (exact) mass is 472 g/mol. The fourth-order valence-electron chi connectivity index (χ4n) is 4.49. The van der Waals surface area contributed by atoms with Crippen LogP contribution in [0, 0.1) is 0 Å². The Morgan fingerprint density at radius 1 is 0.971 bits per heavy atom. The number of carboxylic acids is 1. The Bertz CT molecular complexity index is 1290. The highest BCUT2D eigenvalue weighted by Crippen LogP contribution is 2.44. The molecular weight excluding hydrogens is 448 g/mol. The molecule has 2 aliphatic carbocycles. The lowest BCUT2D eigenvalue weighted by Crippen LogP contribution is -2.43. The van der Waals surface area contributed by atoms with Gasteiger partial charge in [-0.3, -0.25) is 10.1 Å². The van der Waals surface area contributed by atoms with Gasteiger partial charge in [0.2, 0.25) is 0 Å². The molecule has 1 fully saturated rings. The summed E-state index contributed by atoms with van der Waals surface area (Å²) in [5.74, 6) is -1.40. The van der Waals surface area contributed by atoms with Crippen molar-refractivity contribution in [1.82, 2.24) is 5.32 Å². The van der Waals surface area contributed by atoms with E-state index < -0.39 is 23.5 Å². The number of carboxylic acid groups (broad SMARTS) is 1. The van der Waals surface area contributed by atoms with E-state index in [9.17, 15) is 19.5 Å². The van der Waals surface area contributed by atoms with Crippen LogP contribution >= 0.6 is 0 Å². The third-order valence-electron chi connectivity index (χ3n) is 6.56. The van der Waals surface area contributed by atoms with Crippen LogP contribution in [0.4, 0.5) is 10.5 Å². The molecule has 0 aromatic heterocycles. The molecule has 0 aliphatic heterocycles. The van der Waals surface area contributed by atoms with Crippen molar-refractivity contribution >= 4 is 23.7 Å². The molecule has 3 N–H and O–H groups in total. The van der Waals surface area contributed by atoms with E-state index in [1.807, 2.05) is 36.4 Å². The van der Waals surface area contributed by atoms with Gasteiger partial charge in [-0.15, -0.1) is 0 Å². The van der Waals surface area contributed by atoms with Crippen molar-refractivity contribution < 1.29 is 29.0 Å². The Morgan fingerprint density at radius 3 is 2.17 bits per heavy atom. The van der Waals surface area contributed by atoms with Crippen molar-refractivity contribution in [1.29, 1.82) is 0 Å². The first kappa shape index (κ1) is 22.5. The number of nitrogens with one attached hydrogen (secondary N) is 2. The summed E-state index contributed by atoms with van der Waals surface area (Å²) >= 11 is 0. The van der Waals surface area contributed by atoms with Crippen molar-refractivity contribution in [3.8, 4) is 16.9 Å². The Kier molecular flexibility index (Phi) is 5.64. The van der Waals surface area contributed by atoms with Crippen LogP contribution in [0.15, 0.2) is 66.7 Å². The Hall–Kier alpha value is -4.33. The molecule has 35 heavy (non-hydrogen) atoms.